The molecule has 1 atom stereocenters. The zero-order chi connectivity index (χ0) is 14.1. The van der Waals surface area contributed by atoms with Gasteiger partial charge < -0.3 is 5.11 Å². The van der Waals surface area contributed by atoms with E-state index in [0.717, 1.165) is 16.5 Å². The quantitative estimate of drug-likeness (QED) is 0.698. The van der Waals surface area contributed by atoms with E-state index in [2.05, 4.69) is 15.9 Å². The van der Waals surface area contributed by atoms with Crippen molar-refractivity contribution in [1.29, 1.82) is 0 Å². The molecule has 1 N–H and O–H groups in total. The number of thiophene rings is 1. The van der Waals surface area contributed by atoms with Crippen LogP contribution in [0.1, 0.15) is 17.2 Å². The van der Waals surface area contributed by atoms with E-state index >= 15 is 0 Å². The Morgan fingerprint density at radius 1 is 1.20 bits per heavy atom. The Morgan fingerprint density at radius 2 is 2.00 bits per heavy atom. The summed E-state index contributed by atoms with van der Waals surface area (Å²) in [5.41, 5.74) is 1.83. The molecular formula is C16H12BrFOS. The maximum Gasteiger partial charge on any atom is 0.124 e. The Morgan fingerprint density at radius 3 is 2.80 bits per heavy atom. The molecule has 0 spiro atoms. The molecule has 1 heterocycles. The lowest BCUT2D eigenvalue weighted by molar-refractivity contribution is 0.180. The SMILES string of the molecule is OC(Cc1ccc(F)cc1Br)c1csc2ccccc12. The summed E-state index contributed by atoms with van der Waals surface area (Å²) in [5.74, 6) is -0.281. The molecule has 0 aliphatic carbocycles. The monoisotopic (exact) mass is 350 g/mol. The van der Waals surface area contributed by atoms with Gasteiger partial charge in [-0.2, -0.15) is 0 Å². The number of halogens is 2. The van der Waals surface area contributed by atoms with Crippen LogP contribution in [-0.4, -0.2) is 5.11 Å². The molecule has 1 nitrogen and oxygen atoms in total. The third-order valence-corrected chi connectivity index (χ3v) is 5.02. The summed E-state index contributed by atoms with van der Waals surface area (Å²) in [6.45, 7) is 0. The fourth-order valence-corrected chi connectivity index (χ4v) is 3.78. The van der Waals surface area contributed by atoms with Crippen LogP contribution in [0.5, 0.6) is 0 Å². The second-order valence-corrected chi connectivity index (χ2v) is 6.41. The van der Waals surface area contributed by atoms with E-state index in [1.807, 2.05) is 29.6 Å². The van der Waals surface area contributed by atoms with Crippen LogP contribution < -0.4 is 0 Å². The summed E-state index contributed by atoms with van der Waals surface area (Å²) in [4.78, 5) is 0. The molecule has 0 saturated heterocycles. The maximum atomic E-state index is 13.1. The van der Waals surface area contributed by atoms with Crippen molar-refractivity contribution in [3.8, 4) is 0 Å². The molecule has 0 radical (unpaired) electrons. The summed E-state index contributed by atoms with van der Waals surface area (Å²) in [5, 5.41) is 13.5. The van der Waals surface area contributed by atoms with E-state index in [-0.39, 0.29) is 5.82 Å². The Bertz CT molecular complexity index is 753. The van der Waals surface area contributed by atoms with Crippen LogP contribution in [0.4, 0.5) is 4.39 Å². The van der Waals surface area contributed by atoms with Crippen LogP contribution in [0.2, 0.25) is 0 Å². The van der Waals surface area contributed by atoms with Crippen molar-refractivity contribution < 1.29 is 9.50 Å². The zero-order valence-corrected chi connectivity index (χ0v) is 12.9. The van der Waals surface area contributed by atoms with Crippen molar-refractivity contribution in [3.05, 3.63) is 69.3 Å². The van der Waals surface area contributed by atoms with Gasteiger partial charge in [0.1, 0.15) is 5.82 Å². The molecule has 2 aromatic carbocycles. The van der Waals surface area contributed by atoms with Crippen molar-refractivity contribution in [3.63, 3.8) is 0 Å². The number of rotatable bonds is 3. The van der Waals surface area contributed by atoms with E-state index in [9.17, 15) is 9.50 Å². The minimum absolute atomic E-state index is 0.281. The molecule has 1 aromatic heterocycles. The van der Waals surface area contributed by atoms with Crippen molar-refractivity contribution in [2.24, 2.45) is 0 Å². The number of benzene rings is 2. The van der Waals surface area contributed by atoms with Crippen molar-refractivity contribution in [1.82, 2.24) is 0 Å². The lowest BCUT2D eigenvalue weighted by Crippen LogP contribution is -2.02. The van der Waals surface area contributed by atoms with Gasteiger partial charge in [0.05, 0.1) is 6.10 Å². The first kappa shape index (κ1) is 13.7. The average molecular weight is 351 g/mol. The minimum atomic E-state index is -0.590. The predicted molar refractivity (Wildman–Crippen MR) is 84.6 cm³/mol. The molecule has 102 valence electrons. The third kappa shape index (κ3) is 2.64. The summed E-state index contributed by atoms with van der Waals surface area (Å²) in [6, 6.07) is 12.6. The Balaban J connectivity index is 1.91. The number of fused-ring (bicyclic) bond motifs is 1. The standard InChI is InChI=1S/C16H12BrFOS/c17-14-8-11(18)6-5-10(14)7-15(19)13-9-20-16-4-2-1-3-12(13)16/h1-6,8-9,15,19H,7H2. The van der Waals surface area contributed by atoms with Gasteiger partial charge in [-0.25, -0.2) is 4.39 Å². The van der Waals surface area contributed by atoms with Crippen molar-refractivity contribution in [2.45, 2.75) is 12.5 Å². The first-order valence-corrected chi connectivity index (χ1v) is 7.90. The molecule has 1 unspecified atom stereocenters. The van der Waals surface area contributed by atoms with Crippen LogP contribution >= 0.6 is 27.3 Å². The first-order chi connectivity index (χ1) is 9.65. The highest BCUT2D eigenvalue weighted by atomic mass is 79.9. The van der Waals surface area contributed by atoms with Gasteiger partial charge in [-0.1, -0.05) is 40.2 Å². The summed E-state index contributed by atoms with van der Waals surface area (Å²) < 4.78 is 14.9. The highest BCUT2D eigenvalue weighted by Gasteiger charge is 2.15. The topological polar surface area (TPSA) is 20.2 Å². The van der Waals surface area contributed by atoms with Gasteiger partial charge >= 0.3 is 0 Å². The van der Waals surface area contributed by atoms with E-state index in [0.29, 0.717) is 10.9 Å². The molecule has 0 fully saturated rings. The fourth-order valence-electron chi connectivity index (χ4n) is 2.26. The largest absolute Gasteiger partial charge is 0.388 e. The zero-order valence-electron chi connectivity index (χ0n) is 10.5. The van der Waals surface area contributed by atoms with E-state index in [4.69, 9.17) is 0 Å². The third-order valence-electron chi connectivity index (χ3n) is 3.30. The molecule has 0 amide bonds. The lowest BCUT2D eigenvalue weighted by atomic mass is 10.0. The Hall–Kier alpha value is -1.23. The molecule has 0 saturated carbocycles. The Kier molecular flexibility index (Phi) is 3.87. The first-order valence-electron chi connectivity index (χ1n) is 6.23. The second-order valence-electron chi connectivity index (χ2n) is 4.64. The van der Waals surface area contributed by atoms with Crippen LogP contribution in [0.25, 0.3) is 10.1 Å². The van der Waals surface area contributed by atoms with Crippen LogP contribution in [0.3, 0.4) is 0 Å². The number of hydrogen-bond donors (Lipinski definition) is 1. The normalized spacial score (nSPS) is 12.8. The molecule has 4 heteroatoms. The van der Waals surface area contributed by atoms with Crippen LogP contribution in [0, 0.1) is 5.82 Å². The molecule has 3 aromatic rings. The fraction of sp³-hybridized carbons (Fsp3) is 0.125. The average Bonchev–Trinajstić information content (AvgIpc) is 2.86. The smallest absolute Gasteiger partial charge is 0.124 e. The van der Waals surface area contributed by atoms with E-state index in [1.54, 1.807) is 17.4 Å². The Labute approximate surface area is 128 Å². The number of aliphatic hydroxyl groups excluding tert-OH is 1. The molecule has 3 rings (SSSR count). The van der Waals surface area contributed by atoms with Gasteiger partial charge in [0.25, 0.3) is 0 Å². The summed E-state index contributed by atoms with van der Waals surface area (Å²) in [7, 11) is 0. The minimum Gasteiger partial charge on any atom is -0.388 e. The van der Waals surface area contributed by atoms with Crippen molar-refractivity contribution >= 4 is 37.4 Å². The molecular weight excluding hydrogens is 339 g/mol. The molecule has 0 aliphatic rings. The molecule has 0 aliphatic heterocycles. The number of hydrogen-bond acceptors (Lipinski definition) is 2. The maximum absolute atomic E-state index is 13.1. The van der Waals surface area contributed by atoms with E-state index < -0.39 is 6.10 Å². The van der Waals surface area contributed by atoms with E-state index in [1.165, 1.54) is 16.8 Å². The van der Waals surface area contributed by atoms with Crippen LogP contribution in [-0.2, 0) is 6.42 Å². The van der Waals surface area contributed by atoms with Crippen LogP contribution in [0.15, 0.2) is 52.3 Å². The molecule has 0 bridgehead atoms. The lowest BCUT2D eigenvalue weighted by Gasteiger charge is -2.11. The molecule has 20 heavy (non-hydrogen) atoms. The highest BCUT2D eigenvalue weighted by molar-refractivity contribution is 9.10. The van der Waals surface area contributed by atoms with Gasteiger partial charge in [-0.05, 0) is 40.1 Å². The van der Waals surface area contributed by atoms with Gasteiger partial charge in [-0.3, -0.25) is 0 Å². The van der Waals surface area contributed by atoms with Gasteiger partial charge in [-0.15, -0.1) is 11.3 Å². The summed E-state index contributed by atoms with van der Waals surface area (Å²) in [6.07, 6.45) is -0.130. The number of aliphatic hydroxyl groups is 1. The van der Waals surface area contributed by atoms with Gasteiger partial charge in [0.2, 0.25) is 0 Å². The highest BCUT2D eigenvalue weighted by Crippen LogP contribution is 2.33. The summed E-state index contributed by atoms with van der Waals surface area (Å²) >= 11 is 4.97. The second kappa shape index (κ2) is 5.64. The van der Waals surface area contributed by atoms with Crippen molar-refractivity contribution in [2.75, 3.05) is 0 Å². The van der Waals surface area contributed by atoms with Gasteiger partial charge in [0, 0.05) is 15.6 Å². The van der Waals surface area contributed by atoms with Gasteiger partial charge in [0.15, 0.2) is 0 Å². The predicted octanol–water partition coefficient (Wildman–Crippen LogP) is 5.08.